The Morgan fingerprint density at radius 3 is 2.63 bits per heavy atom. The van der Waals surface area contributed by atoms with Crippen LogP contribution in [0.15, 0.2) is 53.7 Å². The number of amides is 1. The SMILES string of the molecule is CCOC(=O)CN(Cc1ccccn1)C(=O)c1ccc(C2(C)CCSC(N)=N2)cc1. The molecule has 1 amide bonds. The lowest BCUT2D eigenvalue weighted by molar-refractivity contribution is -0.143. The molecule has 0 fully saturated rings. The number of amidine groups is 1. The highest BCUT2D eigenvalue weighted by Gasteiger charge is 2.29. The van der Waals surface area contributed by atoms with Gasteiger partial charge < -0.3 is 15.4 Å². The summed E-state index contributed by atoms with van der Waals surface area (Å²) in [6.07, 6.45) is 2.53. The first-order chi connectivity index (χ1) is 14.4. The molecule has 1 unspecified atom stereocenters. The molecule has 0 aliphatic carbocycles. The number of hydrogen-bond acceptors (Lipinski definition) is 7. The average Bonchev–Trinajstić information content (AvgIpc) is 2.74. The first-order valence-corrected chi connectivity index (χ1v) is 10.8. The zero-order chi connectivity index (χ0) is 21.6. The maximum atomic E-state index is 13.1. The van der Waals surface area contributed by atoms with Gasteiger partial charge in [-0.25, -0.2) is 0 Å². The van der Waals surface area contributed by atoms with Gasteiger partial charge in [-0.1, -0.05) is 30.0 Å². The number of carbonyl (C=O) groups excluding carboxylic acids is 2. The number of aromatic nitrogens is 1. The van der Waals surface area contributed by atoms with Gasteiger partial charge in [0.1, 0.15) is 6.54 Å². The van der Waals surface area contributed by atoms with E-state index in [2.05, 4.69) is 9.98 Å². The number of rotatable bonds is 7. The van der Waals surface area contributed by atoms with Gasteiger partial charge in [0, 0.05) is 17.5 Å². The van der Waals surface area contributed by atoms with Crippen LogP contribution in [-0.2, 0) is 21.6 Å². The summed E-state index contributed by atoms with van der Waals surface area (Å²) in [5.74, 6) is 0.201. The van der Waals surface area contributed by atoms with Gasteiger partial charge in [0.05, 0.1) is 24.4 Å². The number of thioether (sulfide) groups is 1. The Labute approximate surface area is 180 Å². The Hall–Kier alpha value is -2.87. The third-order valence-corrected chi connectivity index (χ3v) is 5.74. The van der Waals surface area contributed by atoms with Crippen molar-refractivity contribution in [2.75, 3.05) is 18.9 Å². The second-order valence-electron chi connectivity index (χ2n) is 7.19. The van der Waals surface area contributed by atoms with Crippen molar-refractivity contribution in [1.82, 2.24) is 9.88 Å². The van der Waals surface area contributed by atoms with Crippen molar-refractivity contribution in [3.05, 3.63) is 65.5 Å². The number of nitrogens with two attached hydrogens (primary N) is 1. The van der Waals surface area contributed by atoms with Gasteiger partial charge in [0.25, 0.3) is 5.91 Å². The van der Waals surface area contributed by atoms with Crippen LogP contribution in [0.3, 0.4) is 0 Å². The molecule has 1 aliphatic heterocycles. The smallest absolute Gasteiger partial charge is 0.325 e. The molecular weight excluding hydrogens is 400 g/mol. The summed E-state index contributed by atoms with van der Waals surface area (Å²) >= 11 is 1.55. The first kappa shape index (κ1) is 21.8. The largest absolute Gasteiger partial charge is 0.465 e. The summed E-state index contributed by atoms with van der Waals surface area (Å²) in [6, 6.07) is 12.8. The molecule has 8 heteroatoms. The number of carbonyl (C=O) groups is 2. The zero-order valence-corrected chi connectivity index (χ0v) is 18.0. The average molecular weight is 427 g/mol. The van der Waals surface area contributed by atoms with Gasteiger partial charge in [-0.3, -0.25) is 19.6 Å². The predicted molar refractivity (Wildman–Crippen MR) is 118 cm³/mol. The van der Waals surface area contributed by atoms with Crippen molar-refractivity contribution in [3.8, 4) is 0 Å². The number of pyridine rings is 1. The van der Waals surface area contributed by atoms with Crippen LogP contribution in [0.4, 0.5) is 0 Å². The third-order valence-electron chi connectivity index (χ3n) is 4.94. The quantitative estimate of drug-likeness (QED) is 0.684. The Bertz CT molecular complexity index is 918. The molecule has 7 nitrogen and oxygen atoms in total. The summed E-state index contributed by atoms with van der Waals surface area (Å²) in [6.45, 7) is 4.13. The summed E-state index contributed by atoms with van der Waals surface area (Å²) in [4.78, 5) is 35.5. The fraction of sp³-hybridized carbons (Fsp3) is 0.364. The fourth-order valence-electron chi connectivity index (χ4n) is 3.30. The van der Waals surface area contributed by atoms with E-state index in [1.165, 1.54) is 4.90 Å². The lowest BCUT2D eigenvalue weighted by Gasteiger charge is -2.30. The lowest BCUT2D eigenvalue weighted by atomic mass is 9.89. The number of aliphatic imine (C=N–C) groups is 1. The molecule has 1 aromatic heterocycles. The van der Waals surface area contributed by atoms with E-state index in [1.54, 1.807) is 43.1 Å². The summed E-state index contributed by atoms with van der Waals surface area (Å²) in [7, 11) is 0. The highest BCUT2D eigenvalue weighted by atomic mass is 32.2. The fourth-order valence-corrected chi connectivity index (χ4v) is 4.27. The summed E-state index contributed by atoms with van der Waals surface area (Å²) in [5, 5.41) is 0.583. The number of benzene rings is 1. The number of esters is 1. The minimum Gasteiger partial charge on any atom is -0.465 e. The van der Waals surface area contributed by atoms with Crippen molar-refractivity contribution in [2.45, 2.75) is 32.4 Å². The minimum absolute atomic E-state index is 0.138. The van der Waals surface area contributed by atoms with Gasteiger partial charge in [-0.05, 0) is 50.1 Å². The molecule has 2 aromatic rings. The van der Waals surface area contributed by atoms with E-state index in [-0.39, 0.29) is 25.6 Å². The Morgan fingerprint density at radius 2 is 2.00 bits per heavy atom. The Morgan fingerprint density at radius 1 is 1.23 bits per heavy atom. The van der Waals surface area contributed by atoms with Gasteiger partial charge in [-0.15, -0.1) is 0 Å². The molecule has 0 bridgehead atoms. The molecule has 0 saturated heterocycles. The second kappa shape index (κ2) is 9.75. The maximum absolute atomic E-state index is 13.1. The van der Waals surface area contributed by atoms with Crippen LogP contribution in [0, 0.1) is 0 Å². The van der Waals surface area contributed by atoms with Crippen LogP contribution in [0.25, 0.3) is 0 Å². The predicted octanol–water partition coefficient (Wildman–Crippen LogP) is 2.95. The molecule has 0 saturated carbocycles. The van der Waals surface area contributed by atoms with Crippen LogP contribution >= 0.6 is 11.8 Å². The van der Waals surface area contributed by atoms with Gasteiger partial charge >= 0.3 is 5.97 Å². The van der Waals surface area contributed by atoms with E-state index >= 15 is 0 Å². The molecule has 3 rings (SSSR count). The van der Waals surface area contributed by atoms with E-state index in [9.17, 15) is 9.59 Å². The van der Waals surface area contributed by atoms with Gasteiger partial charge in [-0.2, -0.15) is 0 Å². The van der Waals surface area contributed by atoms with Crippen LogP contribution in [0.5, 0.6) is 0 Å². The van der Waals surface area contributed by atoms with Crippen LogP contribution < -0.4 is 5.73 Å². The van der Waals surface area contributed by atoms with Crippen molar-refractivity contribution in [3.63, 3.8) is 0 Å². The topological polar surface area (TPSA) is 97.9 Å². The van der Waals surface area contributed by atoms with Crippen molar-refractivity contribution < 1.29 is 14.3 Å². The molecule has 1 aliphatic rings. The van der Waals surface area contributed by atoms with Crippen LogP contribution in [-0.4, -0.2) is 45.8 Å². The molecule has 1 atom stereocenters. The van der Waals surface area contributed by atoms with Gasteiger partial charge in [0.15, 0.2) is 5.17 Å². The van der Waals surface area contributed by atoms with E-state index < -0.39 is 11.5 Å². The molecule has 1 aromatic carbocycles. The molecule has 158 valence electrons. The van der Waals surface area contributed by atoms with Crippen LogP contribution in [0.1, 0.15) is 41.9 Å². The molecule has 0 spiro atoms. The Kier molecular flexibility index (Phi) is 7.10. The monoisotopic (exact) mass is 426 g/mol. The van der Waals surface area contributed by atoms with E-state index in [0.717, 1.165) is 17.7 Å². The normalized spacial score (nSPS) is 18.4. The van der Waals surface area contributed by atoms with Crippen molar-refractivity contribution in [1.29, 1.82) is 0 Å². The third kappa shape index (κ3) is 5.38. The molecule has 30 heavy (non-hydrogen) atoms. The Balaban J connectivity index is 1.81. The van der Waals surface area contributed by atoms with Crippen molar-refractivity contribution in [2.24, 2.45) is 10.7 Å². The standard InChI is InChI=1S/C22H26N4O3S/c1-3-29-19(27)15-26(14-18-6-4-5-12-24-18)20(28)16-7-9-17(10-8-16)22(2)11-13-30-21(23)25-22/h4-10,12H,3,11,13-15H2,1-2H3,(H2,23,25). The van der Waals surface area contributed by atoms with Crippen LogP contribution in [0.2, 0.25) is 0 Å². The number of nitrogens with zero attached hydrogens (tertiary/aromatic N) is 3. The molecule has 0 radical (unpaired) electrons. The number of ether oxygens (including phenoxy) is 1. The van der Waals surface area contributed by atoms with Gasteiger partial charge in [0.2, 0.25) is 0 Å². The molecular formula is C22H26N4O3S. The highest BCUT2D eigenvalue weighted by molar-refractivity contribution is 8.13. The number of hydrogen-bond donors (Lipinski definition) is 1. The summed E-state index contributed by atoms with van der Waals surface area (Å²) in [5.41, 5.74) is 7.71. The first-order valence-electron chi connectivity index (χ1n) is 9.85. The maximum Gasteiger partial charge on any atom is 0.325 e. The second-order valence-corrected chi connectivity index (χ2v) is 8.30. The lowest BCUT2D eigenvalue weighted by Crippen LogP contribution is -2.36. The molecule has 2 N–H and O–H groups in total. The minimum atomic E-state index is -0.449. The van der Waals surface area contributed by atoms with E-state index in [0.29, 0.717) is 16.4 Å². The van der Waals surface area contributed by atoms with Crippen molar-refractivity contribution >= 4 is 28.8 Å². The van der Waals surface area contributed by atoms with E-state index in [4.69, 9.17) is 10.5 Å². The molecule has 2 heterocycles. The van der Waals surface area contributed by atoms with E-state index in [1.807, 2.05) is 31.2 Å². The zero-order valence-electron chi connectivity index (χ0n) is 17.2. The highest BCUT2D eigenvalue weighted by Crippen LogP contribution is 2.35. The summed E-state index contributed by atoms with van der Waals surface area (Å²) < 4.78 is 5.04.